The Balaban J connectivity index is 2.33. The molecule has 2 rings (SSSR count). The van der Waals surface area contributed by atoms with E-state index in [1.54, 1.807) is 0 Å². The van der Waals surface area contributed by atoms with Crippen LogP contribution in [0.2, 0.25) is 0 Å². The molecule has 1 fully saturated rings. The van der Waals surface area contributed by atoms with Crippen molar-refractivity contribution in [3.8, 4) is 0 Å². The summed E-state index contributed by atoms with van der Waals surface area (Å²) in [5.41, 5.74) is 0.921. The van der Waals surface area contributed by atoms with Crippen molar-refractivity contribution in [1.29, 1.82) is 0 Å². The smallest absolute Gasteiger partial charge is 0.0191 e. The molecule has 0 spiro atoms. The van der Waals surface area contributed by atoms with E-state index in [1.165, 1.54) is 6.42 Å². The number of hydrogen-bond donors (Lipinski definition) is 0. The van der Waals surface area contributed by atoms with Crippen LogP contribution in [0.4, 0.5) is 0 Å². The van der Waals surface area contributed by atoms with Gasteiger partial charge in [-0.15, -0.1) is 0 Å². The molecule has 0 N–H and O–H groups in total. The second-order valence-corrected chi connectivity index (χ2v) is 7.73. The maximum atomic E-state index is 2.49. The molecule has 0 heterocycles. The largest absolute Gasteiger partial charge is 0.0848 e. The molecular formula is C15H26. The summed E-state index contributed by atoms with van der Waals surface area (Å²) in [5.74, 6) is 3.48. The maximum Gasteiger partial charge on any atom is -0.0191 e. The number of rotatable bonds is 0. The third-order valence-corrected chi connectivity index (χ3v) is 4.46. The molecule has 2 aliphatic carbocycles. The van der Waals surface area contributed by atoms with Crippen LogP contribution in [0.5, 0.6) is 0 Å². The molecule has 0 aliphatic heterocycles. The minimum atomic E-state index is 0.460. The summed E-state index contributed by atoms with van der Waals surface area (Å²) >= 11 is 0. The zero-order valence-electron chi connectivity index (χ0n) is 11.2. The van der Waals surface area contributed by atoms with Gasteiger partial charge in [-0.05, 0) is 40.9 Å². The molecule has 0 saturated heterocycles. The minimum Gasteiger partial charge on any atom is -0.0848 e. The zero-order valence-corrected chi connectivity index (χ0v) is 11.2. The normalized spacial score (nSPS) is 40.1. The van der Waals surface area contributed by atoms with Gasteiger partial charge in [-0.2, -0.15) is 0 Å². The van der Waals surface area contributed by atoms with Crippen molar-refractivity contribution >= 4 is 0 Å². The molecule has 0 heteroatoms. The Bertz CT molecular complexity index is 243. The standard InChI is InChI=1S/C15H26/c1-14(2,3)12-10-7-8-11(9-10)13(12)15(4,5)6/h7-8,10-13H,9H2,1-6H3/t10?,11?,12-,13-/m0/s1. The van der Waals surface area contributed by atoms with Crippen LogP contribution in [0, 0.1) is 34.5 Å². The highest BCUT2D eigenvalue weighted by Crippen LogP contribution is 2.59. The second-order valence-electron chi connectivity index (χ2n) is 7.73. The zero-order chi connectivity index (χ0) is 11.4. The van der Waals surface area contributed by atoms with Crippen LogP contribution < -0.4 is 0 Å². The number of hydrogen-bond acceptors (Lipinski definition) is 0. The van der Waals surface area contributed by atoms with Crippen molar-refractivity contribution in [2.75, 3.05) is 0 Å². The molecule has 0 aromatic heterocycles. The summed E-state index contributed by atoms with van der Waals surface area (Å²) < 4.78 is 0. The van der Waals surface area contributed by atoms with Gasteiger partial charge in [0.05, 0.1) is 0 Å². The van der Waals surface area contributed by atoms with Gasteiger partial charge in [-0.25, -0.2) is 0 Å². The highest BCUT2D eigenvalue weighted by molar-refractivity contribution is 5.17. The average molecular weight is 206 g/mol. The Hall–Kier alpha value is -0.260. The van der Waals surface area contributed by atoms with Crippen molar-refractivity contribution in [2.24, 2.45) is 34.5 Å². The van der Waals surface area contributed by atoms with E-state index in [9.17, 15) is 0 Å². The topological polar surface area (TPSA) is 0 Å². The summed E-state index contributed by atoms with van der Waals surface area (Å²) in [6.07, 6.45) is 6.40. The Labute approximate surface area is 95.1 Å². The van der Waals surface area contributed by atoms with Gasteiger partial charge in [0.15, 0.2) is 0 Å². The summed E-state index contributed by atoms with van der Waals surface area (Å²) in [5, 5.41) is 0. The molecule has 0 aromatic carbocycles. The molecule has 2 bridgehead atoms. The first-order valence-corrected chi connectivity index (χ1v) is 6.39. The van der Waals surface area contributed by atoms with E-state index in [1.807, 2.05) is 0 Å². The Morgan fingerprint density at radius 2 is 1.07 bits per heavy atom. The lowest BCUT2D eigenvalue weighted by atomic mass is 9.60. The fourth-order valence-electron chi connectivity index (χ4n) is 4.18. The SMILES string of the molecule is CC(C)(C)[C@H]1C2C=CC(C2)[C@@H]1C(C)(C)C. The van der Waals surface area contributed by atoms with Gasteiger partial charge in [-0.3, -0.25) is 0 Å². The first-order valence-electron chi connectivity index (χ1n) is 6.39. The first kappa shape index (κ1) is 11.2. The molecule has 1 saturated carbocycles. The van der Waals surface area contributed by atoms with E-state index < -0.39 is 0 Å². The molecule has 0 aromatic rings. The monoisotopic (exact) mass is 206 g/mol. The van der Waals surface area contributed by atoms with Crippen molar-refractivity contribution < 1.29 is 0 Å². The van der Waals surface area contributed by atoms with Crippen LogP contribution in [0.1, 0.15) is 48.0 Å². The Morgan fingerprint density at radius 1 is 0.733 bits per heavy atom. The van der Waals surface area contributed by atoms with E-state index in [-0.39, 0.29) is 0 Å². The molecule has 0 nitrogen and oxygen atoms in total. The lowest BCUT2D eigenvalue weighted by molar-refractivity contribution is 0.0622. The van der Waals surface area contributed by atoms with Gasteiger partial charge < -0.3 is 0 Å². The summed E-state index contributed by atoms with van der Waals surface area (Å²) in [6.45, 7) is 14.5. The third-order valence-electron chi connectivity index (χ3n) is 4.46. The Kier molecular flexibility index (Phi) is 2.34. The molecule has 15 heavy (non-hydrogen) atoms. The predicted octanol–water partition coefficient (Wildman–Crippen LogP) is 4.52. The van der Waals surface area contributed by atoms with Gasteiger partial charge >= 0.3 is 0 Å². The molecule has 2 unspecified atom stereocenters. The van der Waals surface area contributed by atoms with Gasteiger partial charge in [0.2, 0.25) is 0 Å². The van der Waals surface area contributed by atoms with Crippen molar-refractivity contribution in [3.05, 3.63) is 12.2 Å². The van der Waals surface area contributed by atoms with Crippen LogP contribution in [0.25, 0.3) is 0 Å². The molecule has 0 amide bonds. The van der Waals surface area contributed by atoms with Crippen molar-refractivity contribution in [3.63, 3.8) is 0 Å². The van der Waals surface area contributed by atoms with Crippen LogP contribution in [0.15, 0.2) is 12.2 Å². The van der Waals surface area contributed by atoms with Crippen LogP contribution in [0.3, 0.4) is 0 Å². The Morgan fingerprint density at radius 3 is 1.33 bits per heavy atom. The van der Waals surface area contributed by atoms with Crippen molar-refractivity contribution in [1.82, 2.24) is 0 Å². The van der Waals surface area contributed by atoms with Crippen LogP contribution in [-0.2, 0) is 0 Å². The highest BCUT2D eigenvalue weighted by atomic mass is 14.6. The van der Waals surface area contributed by atoms with E-state index >= 15 is 0 Å². The van der Waals surface area contributed by atoms with E-state index in [2.05, 4.69) is 53.7 Å². The van der Waals surface area contributed by atoms with Gasteiger partial charge in [0, 0.05) is 0 Å². The lowest BCUT2D eigenvalue weighted by Crippen LogP contribution is -2.38. The molecular weight excluding hydrogens is 180 g/mol. The predicted molar refractivity (Wildman–Crippen MR) is 66.6 cm³/mol. The average Bonchev–Trinajstić information content (AvgIpc) is 2.56. The van der Waals surface area contributed by atoms with Crippen LogP contribution >= 0.6 is 0 Å². The fraction of sp³-hybridized carbons (Fsp3) is 0.867. The van der Waals surface area contributed by atoms with E-state index in [0.717, 1.165) is 23.7 Å². The van der Waals surface area contributed by atoms with Gasteiger partial charge in [0.25, 0.3) is 0 Å². The fourth-order valence-corrected chi connectivity index (χ4v) is 4.18. The summed E-state index contributed by atoms with van der Waals surface area (Å²) in [7, 11) is 0. The minimum absolute atomic E-state index is 0.460. The third kappa shape index (κ3) is 1.77. The van der Waals surface area contributed by atoms with Crippen molar-refractivity contribution in [2.45, 2.75) is 48.0 Å². The molecule has 86 valence electrons. The lowest BCUT2D eigenvalue weighted by Gasteiger charge is -2.44. The number of fused-ring (bicyclic) bond motifs is 2. The van der Waals surface area contributed by atoms with Crippen LogP contribution in [-0.4, -0.2) is 0 Å². The van der Waals surface area contributed by atoms with Gasteiger partial charge in [0.1, 0.15) is 0 Å². The van der Waals surface area contributed by atoms with E-state index in [0.29, 0.717) is 10.8 Å². The van der Waals surface area contributed by atoms with E-state index in [4.69, 9.17) is 0 Å². The summed E-state index contributed by atoms with van der Waals surface area (Å²) in [4.78, 5) is 0. The maximum absolute atomic E-state index is 2.49. The highest BCUT2D eigenvalue weighted by Gasteiger charge is 2.52. The quantitative estimate of drug-likeness (QED) is 0.511. The number of allylic oxidation sites excluding steroid dienone is 2. The summed E-state index contributed by atoms with van der Waals surface area (Å²) in [6, 6.07) is 0. The molecule has 2 aliphatic rings. The molecule has 4 atom stereocenters. The first-order chi connectivity index (χ1) is 6.71. The second kappa shape index (κ2) is 3.12. The van der Waals surface area contributed by atoms with Gasteiger partial charge in [-0.1, -0.05) is 53.7 Å². The molecule has 0 radical (unpaired) electrons.